The van der Waals surface area contributed by atoms with Crippen molar-refractivity contribution in [3.63, 3.8) is 0 Å². The van der Waals surface area contributed by atoms with Gasteiger partial charge in [-0.1, -0.05) is 127 Å². The molecule has 0 amide bonds. The number of hydrogen-bond acceptors (Lipinski definition) is 6. The fraction of sp³-hybridized carbons (Fsp3) is 0. The minimum atomic E-state index is 0.404. The second kappa shape index (κ2) is 16.8. The Kier molecular flexibility index (Phi) is 9.86. The normalized spacial score (nSPS) is 11.1. The smallest absolute Gasteiger partial charge is 0.160 e. The van der Waals surface area contributed by atoms with Gasteiger partial charge >= 0.3 is 0 Å². The first-order valence-corrected chi connectivity index (χ1v) is 22.6. The van der Waals surface area contributed by atoms with Crippen molar-refractivity contribution in [2.24, 2.45) is 0 Å². The number of benzene rings is 9. The molecule has 0 aliphatic rings. The third-order valence-electron chi connectivity index (χ3n) is 13.1. The second-order valence-electron chi connectivity index (χ2n) is 17.1. The third kappa shape index (κ3) is 6.90. The number of hydrogen-bond donors (Lipinski definition) is 0. The highest BCUT2D eigenvalue weighted by atomic mass is 15.0. The molecule has 12 aromatic rings. The van der Waals surface area contributed by atoms with Crippen molar-refractivity contribution >= 4 is 43.6 Å². The van der Waals surface area contributed by atoms with Crippen LogP contribution >= 0.6 is 0 Å². The summed E-state index contributed by atoms with van der Waals surface area (Å²) in [6, 6.07) is 77.3. The van der Waals surface area contributed by atoms with E-state index in [0.29, 0.717) is 50.6 Å². The highest BCUT2D eigenvalue weighted by Gasteiger charge is 2.20. The van der Waals surface area contributed by atoms with Crippen LogP contribution in [-0.2, 0) is 0 Å². The Bertz CT molecular complexity index is 4120. The van der Waals surface area contributed by atoms with E-state index in [0.717, 1.165) is 72.0 Å². The van der Waals surface area contributed by atoms with Gasteiger partial charge in [-0.3, -0.25) is 0 Å². The maximum Gasteiger partial charge on any atom is 0.160 e. The van der Waals surface area contributed by atoms with Crippen molar-refractivity contribution in [2.45, 2.75) is 0 Å². The van der Waals surface area contributed by atoms with E-state index in [-0.39, 0.29) is 0 Å². The van der Waals surface area contributed by atoms with E-state index >= 15 is 0 Å². The van der Waals surface area contributed by atoms with Crippen molar-refractivity contribution in [3.8, 4) is 91.8 Å². The van der Waals surface area contributed by atoms with Crippen LogP contribution in [0.4, 0.5) is 0 Å². The Morgan fingerprint density at radius 1 is 0.314 bits per heavy atom. The number of fused-ring (bicyclic) bond motifs is 6. The lowest BCUT2D eigenvalue weighted by Gasteiger charge is -2.14. The summed E-state index contributed by atoms with van der Waals surface area (Å²) in [5.41, 5.74) is 14.8. The summed E-state index contributed by atoms with van der Waals surface area (Å²) in [6.07, 6.45) is 0. The van der Waals surface area contributed by atoms with E-state index in [1.807, 2.05) is 103 Å². The molecule has 0 radical (unpaired) electrons. The van der Waals surface area contributed by atoms with Gasteiger partial charge in [0.1, 0.15) is 0 Å². The topological polar surface area (TPSA) is 131 Å². The van der Waals surface area contributed by atoms with Gasteiger partial charge in [-0.2, -0.15) is 21.0 Å². The highest BCUT2D eigenvalue weighted by molar-refractivity contribution is 6.12. The highest BCUT2D eigenvalue weighted by Crippen LogP contribution is 2.39. The van der Waals surface area contributed by atoms with Gasteiger partial charge in [-0.05, 0) is 95.6 Å². The first-order valence-electron chi connectivity index (χ1n) is 22.6. The van der Waals surface area contributed by atoms with Gasteiger partial charge in [-0.15, -0.1) is 0 Å². The summed E-state index contributed by atoms with van der Waals surface area (Å²) in [4.78, 5) is 9.81. The Morgan fingerprint density at radius 2 is 0.771 bits per heavy atom. The summed E-state index contributed by atoms with van der Waals surface area (Å²) < 4.78 is 4.47. The van der Waals surface area contributed by atoms with Gasteiger partial charge in [0, 0.05) is 55.2 Å². The second-order valence-corrected chi connectivity index (χ2v) is 17.1. The number of nitrogens with zero attached hydrogens (tertiary/aromatic N) is 8. The van der Waals surface area contributed by atoms with E-state index < -0.39 is 0 Å². The molecule has 322 valence electrons. The molecule has 0 saturated heterocycles. The van der Waals surface area contributed by atoms with Crippen LogP contribution in [0, 0.1) is 45.3 Å². The predicted octanol–water partition coefficient (Wildman–Crippen LogP) is 14.5. The first kappa shape index (κ1) is 41.1. The lowest BCUT2D eigenvalue weighted by Crippen LogP contribution is -1.99. The molecule has 8 nitrogen and oxygen atoms in total. The van der Waals surface area contributed by atoms with E-state index in [4.69, 9.17) is 9.97 Å². The number of nitriles is 4. The molecular weight excluding hydrogens is 857 g/mol. The quantitative estimate of drug-likeness (QED) is 0.157. The van der Waals surface area contributed by atoms with E-state index in [9.17, 15) is 21.0 Å². The number of rotatable bonds is 7. The van der Waals surface area contributed by atoms with Crippen molar-refractivity contribution in [2.75, 3.05) is 0 Å². The van der Waals surface area contributed by atoms with Gasteiger partial charge in [0.15, 0.2) is 5.82 Å². The minimum absolute atomic E-state index is 0.404. The Hall–Kier alpha value is -10.4. The molecule has 9 aromatic carbocycles. The van der Waals surface area contributed by atoms with Gasteiger partial charge in [0.05, 0.1) is 80.0 Å². The predicted molar refractivity (Wildman–Crippen MR) is 277 cm³/mol. The molecule has 0 aliphatic heterocycles. The molecule has 0 atom stereocenters. The van der Waals surface area contributed by atoms with Crippen LogP contribution in [0.3, 0.4) is 0 Å². The zero-order valence-electron chi connectivity index (χ0n) is 37.2. The summed E-state index contributed by atoms with van der Waals surface area (Å²) in [6.45, 7) is 0. The molecule has 12 rings (SSSR count). The Morgan fingerprint density at radius 3 is 1.33 bits per heavy atom. The molecule has 3 aromatic heterocycles. The summed E-state index contributed by atoms with van der Waals surface area (Å²) in [5.74, 6) is 0.466. The van der Waals surface area contributed by atoms with Crippen LogP contribution in [0.5, 0.6) is 0 Å². The van der Waals surface area contributed by atoms with Crippen molar-refractivity contribution < 1.29 is 0 Å². The fourth-order valence-electron chi connectivity index (χ4n) is 9.83. The lowest BCUT2D eigenvalue weighted by molar-refractivity contribution is 1.16. The molecule has 8 heteroatoms. The van der Waals surface area contributed by atoms with Gasteiger partial charge in [-0.25, -0.2) is 9.97 Å². The largest absolute Gasteiger partial charge is 0.309 e. The maximum absolute atomic E-state index is 10.7. The summed E-state index contributed by atoms with van der Waals surface area (Å²) in [7, 11) is 0. The van der Waals surface area contributed by atoms with Crippen LogP contribution < -0.4 is 0 Å². The zero-order valence-corrected chi connectivity index (χ0v) is 37.2. The van der Waals surface area contributed by atoms with Gasteiger partial charge < -0.3 is 9.13 Å². The molecule has 0 fully saturated rings. The number of para-hydroxylation sites is 3. The molecule has 0 aliphatic carbocycles. The molecule has 0 unspecified atom stereocenters. The number of aromatic nitrogens is 4. The molecule has 0 saturated carbocycles. The van der Waals surface area contributed by atoms with Crippen LogP contribution in [0.25, 0.3) is 111 Å². The zero-order chi connectivity index (χ0) is 47.3. The summed E-state index contributed by atoms with van der Waals surface area (Å²) in [5, 5.41) is 45.2. The van der Waals surface area contributed by atoms with Crippen molar-refractivity contribution in [1.82, 2.24) is 19.1 Å². The van der Waals surface area contributed by atoms with Gasteiger partial charge in [0.2, 0.25) is 0 Å². The van der Waals surface area contributed by atoms with Crippen LogP contribution in [0.2, 0.25) is 0 Å². The van der Waals surface area contributed by atoms with Crippen LogP contribution in [0.1, 0.15) is 22.3 Å². The molecule has 0 N–H and O–H groups in total. The standard InChI is InChI=1S/C62H34N8/c63-35-39-9-7-11-45(29-39)56-34-55(67-62(68-56)46-12-8-10-40(30-46)36-64)43-23-19-41(20-24-43)42-21-25-44(26-22-42)61-47(37-65)31-50(32-48(61)38-66)70-59-18-6-3-15-53(59)54-33-49(27-28-60(54)70)69-57-16-4-1-13-51(57)52-14-2-5-17-58(52)69/h1-34H. The Labute approximate surface area is 402 Å². The molecule has 0 spiro atoms. The van der Waals surface area contributed by atoms with E-state index in [1.165, 1.54) is 10.8 Å². The summed E-state index contributed by atoms with van der Waals surface area (Å²) >= 11 is 0. The Balaban J connectivity index is 0.888. The SMILES string of the molecule is N#Cc1cccc(-c2cc(-c3ccc(-c4ccc(-c5c(C#N)cc(-n6c7ccccc7c7cc(-n8c9ccccc9c9ccccc98)ccc76)cc5C#N)cc4)cc3)nc(-c3cccc(C#N)c3)n2)c1. The van der Waals surface area contributed by atoms with Crippen molar-refractivity contribution in [1.29, 1.82) is 21.0 Å². The van der Waals surface area contributed by atoms with E-state index in [1.54, 1.807) is 24.3 Å². The van der Waals surface area contributed by atoms with Crippen LogP contribution in [0.15, 0.2) is 206 Å². The first-order chi connectivity index (χ1) is 34.5. The fourth-order valence-corrected chi connectivity index (χ4v) is 9.83. The molecule has 0 bridgehead atoms. The third-order valence-corrected chi connectivity index (χ3v) is 13.1. The maximum atomic E-state index is 10.7. The molecule has 3 heterocycles. The minimum Gasteiger partial charge on any atom is -0.309 e. The monoisotopic (exact) mass is 890 g/mol. The average Bonchev–Trinajstić information content (AvgIpc) is 3.95. The van der Waals surface area contributed by atoms with Gasteiger partial charge in [0.25, 0.3) is 0 Å². The lowest BCUT2D eigenvalue weighted by atomic mass is 9.92. The van der Waals surface area contributed by atoms with E-state index in [2.05, 4.69) is 112 Å². The molecule has 70 heavy (non-hydrogen) atoms. The van der Waals surface area contributed by atoms with Crippen molar-refractivity contribution in [3.05, 3.63) is 229 Å². The van der Waals surface area contributed by atoms with Crippen LogP contribution in [-0.4, -0.2) is 19.1 Å². The molecular formula is C62H34N8. The average molecular weight is 891 g/mol.